The zero-order valence-corrected chi connectivity index (χ0v) is 13.5. The molecule has 0 heterocycles. The molecule has 0 aliphatic heterocycles. The number of nitriles is 1. The van der Waals surface area contributed by atoms with Crippen LogP contribution in [0.5, 0.6) is 5.75 Å². The standard InChI is InChI=1S/C17H24N2OS/c1-21-17(8-3-2-4-9-17)14-19-13-15-6-5-7-16(12-15)20-11-10-18/h5-7,12,19H,2-4,8-9,11,13-14H2,1H3. The van der Waals surface area contributed by atoms with E-state index in [0.29, 0.717) is 4.75 Å². The van der Waals surface area contributed by atoms with Crippen molar-refractivity contribution in [1.82, 2.24) is 5.32 Å². The lowest BCUT2D eigenvalue weighted by Crippen LogP contribution is -2.39. The van der Waals surface area contributed by atoms with Crippen LogP contribution in [0.25, 0.3) is 0 Å². The molecule has 3 nitrogen and oxygen atoms in total. The van der Waals surface area contributed by atoms with Gasteiger partial charge in [0.1, 0.15) is 11.8 Å². The molecule has 0 spiro atoms. The SMILES string of the molecule is CSC1(CNCc2cccc(OCC#N)c2)CCCCC1. The smallest absolute Gasteiger partial charge is 0.174 e. The van der Waals surface area contributed by atoms with E-state index in [-0.39, 0.29) is 6.61 Å². The normalized spacial score (nSPS) is 17.1. The predicted molar refractivity (Wildman–Crippen MR) is 88.6 cm³/mol. The van der Waals surface area contributed by atoms with Gasteiger partial charge in [-0.25, -0.2) is 0 Å². The highest BCUT2D eigenvalue weighted by Crippen LogP contribution is 2.37. The average Bonchev–Trinajstić information content (AvgIpc) is 2.54. The maximum Gasteiger partial charge on any atom is 0.174 e. The lowest BCUT2D eigenvalue weighted by Gasteiger charge is -2.36. The number of thioether (sulfide) groups is 1. The fourth-order valence-electron chi connectivity index (χ4n) is 2.94. The second-order valence-electron chi connectivity index (χ2n) is 5.65. The van der Waals surface area contributed by atoms with Gasteiger partial charge in [-0.15, -0.1) is 0 Å². The maximum atomic E-state index is 8.55. The van der Waals surface area contributed by atoms with Gasteiger partial charge in [-0.2, -0.15) is 17.0 Å². The number of hydrogen-bond donors (Lipinski definition) is 1. The monoisotopic (exact) mass is 304 g/mol. The minimum absolute atomic E-state index is 0.104. The summed E-state index contributed by atoms with van der Waals surface area (Å²) >= 11 is 2.02. The summed E-state index contributed by atoms with van der Waals surface area (Å²) in [5.74, 6) is 0.771. The molecule has 0 amide bonds. The molecule has 2 rings (SSSR count). The Balaban J connectivity index is 1.83. The quantitative estimate of drug-likeness (QED) is 0.833. The molecular weight excluding hydrogens is 280 g/mol. The molecule has 0 radical (unpaired) electrons. The predicted octanol–water partition coefficient (Wildman–Crippen LogP) is 3.74. The molecule has 1 fully saturated rings. The largest absolute Gasteiger partial charge is 0.479 e. The molecule has 0 unspecified atom stereocenters. The van der Waals surface area contributed by atoms with Crippen LogP contribution in [-0.2, 0) is 6.54 Å². The van der Waals surface area contributed by atoms with Crippen molar-refractivity contribution in [2.24, 2.45) is 0 Å². The van der Waals surface area contributed by atoms with E-state index in [1.165, 1.54) is 37.7 Å². The number of rotatable bonds is 7. The highest BCUT2D eigenvalue weighted by atomic mass is 32.2. The first kappa shape index (κ1) is 16.2. The summed E-state index contributed by atoms with van der Waals surface area (Å²) < 4.78 is 5.76. The third-order valence-corrected chi connectivity index (χ3v) is 5.59. The Labute approximate surface area is 132 Å². The lowest BCUT2D eigenvalue weighted by atomic mass is 9.88. The van der Waals surface area contributed by atoms with Gasteiger partial charge >= 0.3 is 0 Å². The van der Waals surface area contributed by atoms with Crippen molar-refractivity contribution >= 4 is 11.8 Å². The van der Waals surface area contributed by atoms with Crippen molar-refractivity contribution in [2.75, 3.05) is 19.4 Å². The summed E-state index contributed by atoms with van der Waals surface area (Å²) in [5, 5.41) is 12.2. The Morgan fingerprint density at radius 3 is 2.86 bits per heavy atom. The van der Waals surface area contributed by atoms with Crippen LogP contribution < -0.4 is 10.1 Å². The zero-order chi connectivity index (χ0) is 15.0. The van der Waals surface area contributed by atoms with E-state index in [4.69, 9.17) is 10.00 Å². The van der Waals surface area contributed by atoms with Crippen molar-refractivity contribution in [2.45, 2.75) is 43.4 Å². The summed E-state index contributed by atoms with van der Waals surface area (Å²) in [6, 6.07) is 9.98. The Kier molecular flexibility index (Phi) is 6.41. The first-order valence-corrected chi connectivity index (χ1v) is 8.85. The summed E-state index contributed by atoms with van der Waals surface area (Å²) in [7, 11) is 0. The van der Waals surface area contributed by atoms with Gasteiger partial charge in [0.05, 0.1) is 0 Å². The topological polar surface area (TPSA) is 45.0 Å². The molecule has 1 saturated carbocycles. The summed E-state index contributed by atoms with van der Waals surface area (Å²) in [6.07, 6.45) is 9.00. The van der Waals surface area contributed by atoms with Crippen LogP contribution in [0, 0.1) is 11.3 Å². The Morgan fingerprint density at radius 1 is 1.33 bits per heavy atom. The third-order valence-electron chi connectivity index (χ3n) is 4.18. The Bertz CT molecular complexity index is 478. The molecular formula is C17H24N2OS. The minimum atomic E-state index is 0.104. The first-order valence-electron chi connectivity index (χ1n) is 7.63. The van der Waals surface area contributed by atoms with E-state index in [1.54, 1.807) is 0 Å². The van der Waals surface area contributed by atoms with Gasteiger partial charge in [-0.3, -0.25) is 0 Å². The van der Waals surface area contributed by atoms with Gasteiger partial charge in [-0.1, -0.05) is 31.4 Å². The highest BCUT2D eigenvalue weighted by Gasteiger charge is 2.30. The second kappa shape index (κ2) is 8.31. The Hall–Kier alpha value is -1.18. The zero-order valence-electron chi connectivity index (χ0n) is 12.7. The number of nitrogens with zero attached hydrogens (tertiary/aromatic N) is 1. The third kappa shape index (κ3) is 4.94. The van der Waals surface area contributed by atoms with Gasteiger partial charge in [0.2, 0.25) is 0 Å². The number of ether oxygens (including phenoxy) is 1. The second-order valence-corrected chi connectivity index (χ2v) is 6.92. The van der Waals surface area contributed by atoms with Gasteiger partial charge in [0, 0.05) is 17.8 Å². The van der Waals surface area contributed by atoms with Crippen molar-refractivity contribution in [3.8, 4) is 11.8 Å². The number of nitrogens with one attached hydrogen (secondary N) is 1. The molecule has 4 heteroatoms. The average molecular weight is 304 g/mol. The van der Waals surface area contributed by atoms with Crippen LogP contribution in [0.2, 0.25) is 0 Å². The minimum Gasteiger partial charge on any atom is -0.479 e. The fraction of sp³-hybridized carbons (Fsp3) is 0.588. The van der Waals surface area contributed by atoms with Crippen LogP contribution in [0.1, 0.15) is 37.7 Å². The van der Waals surface area contributed by atoms with E-state index in [9.17, 15) is 0 Å². The van der Waals surface area contributed by atoms with E-state index < -0.39 is 0 Å². The van der Waals surface area contributed by atoms with E-state index in [0.717, 1.165) is 18.8 Å². The fourth-order valence-corrected chi connectivity index (χ4v) is 3.89. The van der Waals surface area contributed by atoms with Crippen molar-refractivity contribution in [3.63, 3.8) is 0 Å². The van der Waals surface area contributed by atoms with Crippen molar-refractivity contribution < 1.29 is 4.74 Å². The molecule has 114 valence electrons. The summed E-state index contributed by atoms with van der Waals surface area (Å²) in [4.78, 5) is 0. The molecule has 1 aliphatic carbocycles. The van der Waals surface area contributed by atoms with Crippen molar-refractivity contribution in [1.29, 1.82) is 5.26 Å². The van der Waals surface area contributed by atoms with E-state index in [2.05, 4.69) is 17.6 Å². The van der Waals surface area contributed by atoms with Gasteiger partial charge < -0.3 is 10.1 Å². The van der Waals surface area contributed by atoms with Crippen LogP contribution in [0.4, 0.5) is 0 Å². The van der Waals surface area contributed by atoms with Crippen LogP contribution in [-0.4, -0.2) is 24.2 Å². The number of benzene rings is 1. The van der Waals surface area contributed by atoms with Crippen LogP contribution in [0.3, 0.4) is 0 Å². The molecule has 0 saturated heterocycles. The molecule has 21 heavy (non-hydrogen) atoms. The van der Waals surface area contributed by atoms with E-state index in [1.807, 2.05) is 36.0 Å². The molecule has 1 N–H and O–H groups in total. The van der Waals surface area contributed by atoms with E-state index >= 15 is 0 Å². The lowest BCUT2D eigenvalue weighted by molar-refractivity contribution is 0.366. The Morgan fingerprint density at radius 2 is 2.14 bits per heavy atom. The molecule has 1 aromatic carbocycles. The highest BCUT2D eigenvalue weighted by molar-refractivity contribution is 8.00. The summed E-state index contributed by atoms with van der Waals surface area (Å²) in [5.41, 5.74) is 1.21. The van der Waals surface area contributed by atoms with Crippen LogP contribution in [0.15, 0.2) is 24.3 Å². The number of hydrogen-bond acceptors (Lipinski definition) is 4. The van der Waals surface area contributed by atoms with Gasteiger partial charge in [0.15, 0.2) is 6.61 Å². The van der Waals surface area contributed by atoms with Gasteiger partial charge in [-0.05, 0) is 36.8 Å². The van der Waals surface area contributed by atoms with Crippen LogP contribution >= 0.6 is 11.8 Å². The molecule has 1 aromatic rings. The molecule has 0 aromatic heterocycles. The van der Waals surface area contributed by atoms with Gasteiger partial charge in [0.25, 0.3) is 0 Å². The summed E-state index contributed by atoms with van der Waals surface area (Å²) in [6.45, 7) is 2.02. The van der Waals surface area contributed by atoms with Crippen molar-refractivity contribution in [3.05, 3.63) is 29.8 Å². The molecule has 0 bridgehead atoms. The first-order chi connectivity index (χ1) is 10.3. The molecule has 1 aliphatic rings. The molecule has 0 atom stereocenters. The maximum absolute atomic E-state index is 8.55.